The van der Waals surface area contributed by atoms with Gasteiger partial charge in [-0.05, 0) is 32.4 Å². The van der Waals surface area contributed by atoms with E-state index in [1.54, 1.807) is 25.1 Å². The van der Waals surface area contributed by atoms with Gasteiger partial charge in [-0.15, -0.1) is 0 Å². The standard InChI is InChI=1S/C15H19FN4O/c1-9(2)18-13-7-11(8-17-13)19-15(21)20-14-10(3)5-4-6-12(14)16/h4-7,9H,8H2,1-3H3,(H,17,18)(H2,19,20,21). The van der Waals surface area contributed by atoms with E-state index in [2.05, 4.69) is 20.9 Å². The average Bonchev–Trinajstić information content (AvgIpc) is 2.80. The van der Waals surface area contributed by atoms with Gasteiger partial charge in [0.15, 0.2) is 0 Å². The molecule has 5 nitrogen and oxygen atoms in total. The van der Waals surface area contributed by atoms with Crippen LogP contribution in [0.1, 0.15) is 19.4 Å². The molecule has 1 aromatic rings. The zero-order valence-electron chi connectivity index (χ0n) is 12.3. The zero-order chi connectivity index (χ0) is 15.4. The van der Waals surface area contributed by atoms with Crippen LogP contribution < -0.4 is 16.0 Å². The second-order valence-corrected chi connectivity index (χ2v) is 5.18. The maximum atomic E-state index is 13.6. The number of carbonyl (C=O) groups excluding carboxylic acids is 1. The van der Waals surface area contributed by atoms with Crippen molar-refractivity contribution in [1.29, 1.82) is 0 Å². The van der Waals surface area contributed by atoms with Crippen molar-refractivity contribution < 1.29 is 9.18 Å². The largest absolute Gasteiger partial charge is 0.368 e. The second kappa shape index (κ2) is 6.39. The first kappa shape index (κ1) is 15.0. The molecule has 2 amide bonds. The lowest BCUT2D eigenvalue weighted by atomic mass is 10.2. The molecule has 1 aliphatic heterocycles. The number of rotatable bonds is 3. The number of para-hydroxylation sites is 1. The summed E-state index contributed by atoms with van der Waals surface area (Å²) < 4.78 is 13.6. The lowest BCUT2D eigenvalue weighted by Gasteiger charge is -2.10. The van der Waals surface area contributed by atoms with Crippen molar-refractivity contribution in [3.8, 4) is 0 Å². The molecule has 0 saturated carbocycles. The highest BCUT2D eigenvalue weighted by atomic mass is 19.1. The normalized spacial score (nSPS) is 13.8. The van der Waals surface area contributed by atoms with Gasteiger partial charge in [-0.2, -0.15) is 0 Å². The Balaban J connectivity index is 1.95. The molecule has 112 valence electrons. The van der Waals surface area contributed by atoms with Gasteiger partial charge in [-0.3, -0.25) is 4.99 Å². The molecule has 6 heteroatoms. The first-order valence-electron chi connectivity index (χ1n) is 6.80. The number of hydrogen-bond donors (Lipinski definition) is 3. The predicted molar refractivity (Wildman–Crippen MR) is 81.9 cm³/mol. The lowest BCUT2D eigenvalue weighted by Crippen LogP contribution is -2.30. The highest BCUT2D eigenvalue weighted by Crippen LogP contribution is 2.18. The molecule has 1 aliphatic rings. The van der Waals surface area contributed by atoms with Crippen LogP contribution in [0, 0.1) is 12.7 Å². The van der Waals surface area contributed by atoms with Crippen LogP contribution in [0.25, 0.3) is 0 Å². The summed E-state index contributed by atoms with van der Waals surface area (Å²) in [5, 5.41) is 8.35. The van der Waals surface area contributed by atoms with Crippen molar-refractivity contribution in [2.24, 2.45) is 4.99 Å². The van der Waals surface area contributed by atoms with Crippen LogP contribution in [-0.2, 0) is 0 Å². The molecule has 2 rings (SSSR count). The number of anilines is 1. The molecule has 0 aromatic heterocycles. The number of nitrogens with one attached hydrogen (secondary N) is 3. The minimum Gasteiger partial charge on any atom is -0.368 e. The molecular formula is C15H19FN4O. The molecule has 0 aliphatic carbocycles. The van der Waals surface area contributed by atoms with Crippen molar-refractivity contribution in [3.63, 3.8) is 0 Å². The topological polar surface area (TPSA) is 65.5 Å². The Morgan fingerprint density at radius 3 is 2.76 bits per heavy atom. The van der Waals surface area contributed by atoms with E-state index in [0.29, 0.717) is 17.8 Å². The molecule has 1 aromatic carbocycles. The first-order valence-corrected chi connectivity index (χ1v) is 6.80. The molecule has 3 N–H and O–H groups in total. The number of benzene rings is 1. The molecular weight excluding hydrogens is 271 g/mol. The fourth-order valence-electron chi connectivity index (χ4n) is 1.97. The third kappa shape index (κ3) is 4.05. The molecule has 0 spiro atoms. The van der Waals surface area contributed by atoms with Gasteiger partial charge in [0, 0.05) is 17.8 Å². The van der Waals surface area contributed by atoms with Gasteiger partial charge in [-0.1, -0.05) is 12.1 Å². The zero-order valence-corrected chi connectivity index (χ0v) is 12.3. The van der Waals surface area contributed by atoms with Gasteiger partial charge in [0.1, 0.15) is 11.7 Å². The molecule has 21 heavy (non-hydrogen) atoms. The van der Waals surface area contributed by atoms with Crippen molar-refractivity contribution >= 4 is 17.6 Å². The number of amides is 2. The van der Waals surface area contributed by atoms with Crippen molar-refractivity contribution in [1.82, 2.24) is 10.6 Å². The minimum atomic E-state index is -0.476. The SMILES string of the molecule is Cc1cccc(F)c1NC(=O)NC1=CC(NC(C)C)=NC1. The maximum absolute atomic E-state index is 13.6. The Kier molecular flexibility index (Phi) is 4.57. The van der Waals surface area contributed by atoms with Gasteiger partial charge in [-0.25, -0.2) is 9.18 Å². The van der Waals surface area contributed by atoms with Crippen molar-refractivity contribution in [3.05, 3.63) is 41.4 Å². The Bertz CT molecular complexity index is 587. The minimum absolute atomic E-state index is 0.190. The van der Waals surface area contributed by atoms with Crippen LogP contribution in [0.2, 0.25) is 0 Å². The number of nitrogens with zero attached hydrogens (tertiary/aromatic N) is 1. The predicted octanol–water partition coefficient (Wildman–Crippen LogP) is 2.55. The van der Waals surface area contributed by atoms with Gasteiger partial charge in [0.25, 0.3) is 0 Å². The van der Waals surface area contributed by atoms with E-state index in [-0.39, 0.29) is 11.7 Å². The monoisotopic (exact) mass is 290 g/mol. The van der Waals surface area contributed by atoms with Crippen LogP contribution >= 0.6 is 0 Å². The smallest absolute Gasteiger partial charge is 0.323 e. The number of halogens is 1. The molecule has 0 saturated heterocycles. The van der Waals surface area contributed by atoms with Gasteiger partial charge in [0.2, 0.25) is 0 Å². The third-order valence-corrected chi connectivity index (χ3v) is 2.90. The van der Waals surface area contributed by atoms with Gasteiger partial charge < -0.3 is 16.0 Å². The van der Waals surface area contributed by atoms with Crippen LogP contribution in [0.5, 0.6) is 0 Å². The highest BCUT2D eigenvalue weighted by Gasteiger charge is 2.13. The fraction of sp³-hybridized carbons (Fsp3) is 0.333. The van der Waals surface area contributed by atoms with E-state index in [0.717, 1.165) is 5.84 Å². The molecule has 0 unspecified atom stereocenters. The van der Waals surface area contributed by atoms with E-state index in [9.17, 15) is 9.18 Å². The number of aryl methyl sites for hydroxylation is 1. The Morgan fingerprint density at radius 2 is 2.10 bits per heavy atom. The summed E-state index contributed by atoms with van der Waals surface area (Å²) in [5.74, 6) is 0.284. The highest BCUT2D eigenvalue weighted by molar-refractivity contribution is 5.98. The number of carbonyl (C=O) groups is 1. The molecule has 0 radical (unpaired) electrons. The van der Waals surface area contributed by atoms with Crippen LogP contribution in [0.15, 0.2) is 35.0 Å². The third-order valence-electron chi connectivity index (χ3n) is 2.90. The van der Waals surface area contributed by atoms with E-state index in [1.807, 2.05) is 13.8 Å². The first-order chi connectivity index (χ1) is 9.95. The lowest BCUT2D eigenvalue weighted by molar-refractivity contribution is 0.254. The van der Waals surface area contributed by atoms with Crippen LogP contribution in [0.3, 0.4) is 0 Å². The molecule has 0 atom stereocenters. The van der Waals surface area contributed by atoms with E-state index >= 15 is 0 Å². The summed E-state index contributed by atoms with van der Waals surface area (Å²) in [6.07, 6.45) is 1.77. The summed E-state index contributed by atoms with van der Waals surface area (Å²) in [5.41, 5.74) is 1.53. The summed E-state index contributed by atoms with van der Waals surface area (Å²) in [6, 6.07) is 4.45. The van der Waals surface area contributed by atoms with Crippen molar-refractivity contribution in [2.75, 3.05) is 11.9 Å². The Labute approximate surface area is 123 Å². The Hall–Kier alpha value is -2.37. The quantitative estimate of drug-likeness (QED) is 0.801. The Morgan fingerprint density at radius 1 is 1.33 bits per heavy atom. The van der Waals surface area contributed by atoms with Crippen LogP contribution in [0.4, 0.5) is 14.9 Å². The number of amidine groups is 1. The summed E-state index contributed by atoms with van der Waals surface area (Å²) in [4.78, 5) is 16.1. The second-order valence-electron chi connectivity index (χ2n) is 5.18. The van der Waals surface area contributed by atoms with E-state index in [1.165, 1.54) is 6.07 Å². The number of urea groups is 1. The summed E-state index contributed by atoms with van der Waals surface area (Å²) in [6.45, 7) is 6.16. The summed E-state index contributed by atoms with van der Waals surface area (Å²) >= 11 is 0. The summed E-state index contributed by atoms with van der Waals surface area (Å²) in [7, 11) is 0. The van der Waals surface area contributed by atoms with Gasteiger partial charge >= 0.3 is 6.03 Å². The molecule has 0 bridgehead atoms. The van der Waals surface area contributed by atoms with E-state index < -0.39 is 11.8 Å². The van der Waals surface area contributed by atoms with Gasteiger partial charge in [0.05, 0.1) is 12.2 Å². The van der Waals surface area contributed by atoms with Crippen LogP contribution in [-0.4, -0.2) is 24.5 Å². The maximum Gasteiger partial charge on any atom is 0.323 e. The molecule has 0 fully saturated rings. The number of aliphatic imine (C=N–C) groups is 1. The average molecular weight is 290 g/mol. The molecule has 1 heterocycles. The fourth-order valence-corrected chi connectivity index (χ4v) is 1.97. The van der Waals surface area contributed by atoms with E-state index in [4.69, 9.17) is 0 Å². The van der Waals surface area contributed by atoms with Crippen molar-refractivity contribution in [2.45, 2.75) is 26.8 Å². The number of hydrogen-bond acceptors (Lipinski definition) is 3.